The molecule has 19 heavy (non-hydrogen) atoms. The van der Waals surface area contributed by atoms with Crippen LogP contribution in [0.4, 0.5) is 0 Å². The second-order valence-corrected chi connectivity index (χ2v) is 5.50. The first kappa shape index (κ1) is 14.5. The van der Waals surface area contributed by atoms with Gasteiger partial charge in [0.05, 0.1) is 6.10 Å². The Morgan fingerprint density at radius 1 is 1.37 bits per heavy atom. The van der Waals surface area contributed by atoms with Gasteiger partial charge in [0.15, 0.2) is 0 Å². The maximum atomic E-state index is 6.30. The Hall–Kier alpha value is -0.900. The lowest BCUT2D eigenvalue weighted by atomic mass is 10.0. The molecule has 1 aromatic rings. The van der Waals surface area contributed by atoms with Crippen molar-refractivity contribution in [3.05, 3.63) is 35.4 Å². The van der Waals surface area contributed by atoms with E-state index >= 15 is 0 Å². The zero-order chi connectivity index (χ0) is 13.7. The van der Waals surface area contributed by atoms with E-state index in [9.17, 15) is 0 Å². The van der Waals surface area contributed by atoms with Crippen LogP contribution in [0.5, 0.6) is 0 Å². The Morgan fingerprint density at radius 3 is 2.68 bits per heavy atom. The summed E-state index contributed by atoms with van der Waals surface area (Å²) in [6.07, 6.45) is 3.85. The van der Waals surface area contributed by atoms with E-state index in [4.69, 9.17) is 10.5 Å². The highest BCUT2D eigenvalue weighted by molar-refractivity contribution is 5.25. The van der Waals surface area contributed by atoms with Crippen LogP contribution in [0.2, 0.25) is 0 Å². The molecule has 1 heterocycles. The van der Waals surface area contributed by atoms with Gasteiger partial charge in [-0.25, -0.2) is 0 Å². The molecule has 3 nitrogen and oxygen atoms in total. The van der Waals surface area contributed by atoms with Crippen LogP contribution < -0.4 is 5.73 Å². The standard InChI is InChI=1S/C16H26N2O/c1-3-4-13-5-7-14(8-6-13)16(17)12-18-10-9-15(11-18)19-2/h5-8,15-16H,3-4,9-12,17H2,1-2H3. The Bertz CT molecular complexity index is 377. The third-order valence-corrected chi connectivity index (χ3v) is 3.96. The van der Waals surface area contributed by atoms with Crippen LogP contribution in [0.3, 0.4) is 0 Å². The molecule has 0 amide bonds. The normalized spacial score (nSPS) is 21.7. The number of ether oxygens (including phenoxy) is 1. The lowest BCUT2D eigenvalue weighted by molar-refractivity contribution is 0.107. The molecule has 0 saturated carbocycles. The number of methoxy groups -OCH3 is 1. The molecule has 0 radical (unpaired) electrons. The molecule has 0 aliphatic carbocycles. The van der Waals surface area contributed by atoms with E-state index in [1.807, 2.05) is 0 Å². The minimum absolute atomic E-state index is 0.103. The van der Waals surface area contributed by atoms with Gasteiger partial charge in [0, 0.05) is 32.8 Å². The summed E-state index contributed by atoms with van der Waals surface area (Å²) in [6.45, 7) is 5.24. The molecule has 2 rings (SSSR count). The first-order valence-electron chi connectivity index (χ1n) is 7.32. The molecule has 1 aliphatic heterocycles. The molecular weight excluding hydrogens is 236 g/mol. The van der Waals surface area contributed by atoms with E-state index in [1.165, 1.54) is 17.5 Å². The Labute approximate surface area is 116 Å². The first-order valence-corrected chi connectivity index (χ1v) is 7.32. The van der Waals surface area contributed by atoms with Gasteiger partial charge in [0.2, 0.25) is 0 Å². The lowest BCUT2D eigenvalue weighted by Gasteiger charge is -2.21. The van der Waals surface area contributed by atoms with Gasteiger partial charge in [0.25, 0.3) is 0 Å². The maximum Gasteiger partial charge on any atom is 0.0710 e. The van der Waals surface area contributed by atoms with Gasteiger partial charge in [-0.15, -0.1) is 0 Å². The van der Waals surface area contributed by atoms with Crippen molar-refractivity contribution in [1.29, 1.82) is 0 Å². The Balaban J connectivity index is 1.87. The average Bonchev–Trinajstić information content (AvgIpc) is 2.87. The third kappa shape index (κ3) is 4.03. The summed E-state index contributed by atoms with van der Waals surface area (Å²) in [6, 6.07) is 8.88. The van der Waals surface area contributed by atoms with Crippen molar-refractivity contribution in [3.8, 4) is 0 Å². The fourth-order valence-electron chi connectivity index (χ4n) is 2.76. The van der Waals surface area contributed by atoms with Gasteiger partial charge in [-0.2, -0.15) is 0 Å². The zero-order valence-corrected chi connectivity index (χ0v) is 12.1. The quantitative estimate of drug-likeness (QED) is 0.855. The molecule has 1 aliphatic rings. The van der Waals surface area contributed by atoms with Crippen molar-refractivity contribution < 1.29 is 4.74 Å². The second-order valence-electron chi connectivity index (χ2n) is 5.50. The van der Waals surface area contributed by atoms with Crippen molar-refractivity contribution in [2.75, 3.05) is 26.7 Å². The molecule has 1 aromatic carbocycles. The number of nitrogens with two attached hydrogens (primary N) is 1. The number of aryl methyl sites for hydroxylation is 1. The van der Waals surface area contributed by atoms with Crippen LogP contribution in [0.1, 0.15) is 36.9 Å². The van der Waals surface area contributed by atoms with E-state index in [-0.39, 0.29) is 6.04 Å². The van der Waals surface area contributed by atoms with Gasteiger partial charge in [-0.05, 0) is 24.0 Å². The molecule has 1 fully saturated rings. The van der Waals surface area contributed by atoms with Gasteiger partial charge in [-0.3, -0.25) is 4.90 Å². The predicted octanol–water partition coefficient (Wildman–Crippen LogP) is 2.36. The number of likely N-dealkylation sites (tertiary alicyclic amines) is 1. The van der Waals surface area contributed by atoms with Crippen LogP contribution in [0, 0.1) is 0 Å². The van der Waals surface area contributed by atoms with Crippen molar-refractivity contribution in [2.24, 2.45) is 5.73 Å². The first-order chi connectivity index (χ1) is 9.22. The van der Waals surface area contributed by atoms with Crippen LogP contribution >= 0.6 is 0 Å². The summed E-state index contributed by atoms with van der Waals surface area (Å²) in [4.78, 5) is 2.40. The Morgan fingerprint density at radius 2 is 2.11 bits per heavy atom. The molecular formula is C16H26N2O. The number of rotatable bonds is 6. The fourth-order valence-corrected chi connectivity index (χ4v) is 2.76. The minimum Gasteiger partial charge on any atom is -0.380 e. The zero-order valence-electron chi connectivity index (χ0n) is 12.1. The van der Waals surface area contributed by atoms with E-state index in [0.29, 0.717) is 6.10 Å². The van der Waals surface area contributed by atoms with Gasteiger partial charge in [-0.1, -0.05) is 37.6 Å². The number of nitrogens with zero attached hydrogens (tertiary/aromatic N) is 1. The van der Waals surface area contributed by atoms with Crippen molar-refractivity contribution in [1.82, 2.24) is 4.90 Å². The van der Waals surface area contributed by atoms with Crippen molar-refractivity contribution in [2.45, 2.75) is 38.3 Å². The fraction of sp³-hybridized carbons (Fsp3) is 0.625. The second kappa shape index (κ2) is 7.04. The molecule has 0 spiro atoms. The van der Waals surface area contributed by atoms with Crippen LogP contribution in [0.15, 0.2) is 24.3 Å². The summed E-state index contributed by atoms with van der Waals surface area (Å²) >= 11 is 0. The average molecular weight is 262 g/mol. The van der Waals surface area contributed by atoms with Gasteiger partial charge in [0.1, 0.15) is 0 Å². The monoisotopic (exact) mass is 262 g/mol. The molecule has 3 heteroatoms. The molecule has 1 saturated heterocycles. The largest absolute Gasteiger partial charge is 0.380 e. The van der Waals surface area contributed by atoms with E-state index < -0.39 is 0 Å². The van der Waals surface area contributed by atoms with Crippen LogP contribution in [-0.2, 0) is 11.2 Å². The van der Waals surface area contributed by atoms with E-state index in [2.05, 4.69) is 36.1 Å². The summed E-state index contributed by atoms with van der Waals surface area (Å²) in [7, 11) is 1.79. The third-order valence-electron chi connectivity index (χ3n) is 3.96. The SMILES string of the molecule is CCCc1ccc(C(N)CN2CCC(OC)C2)cc1. The van der Waals surface area contributed by atoms with Crippen molar-refractivity contribution >= 4 is 0 Å². The molecule has 106 valence electrons. The number of hydrogen-bond donors (Lipinski definition) is 1. The van der Waals surface area contributed by atoms with Crippen LogP contribution in [0.25, 0.3) is 0 Å². The highest BCUT2D eigenvalue weighted by Crippen LogP contribution is 2.18. The van der Waals surface area contributed by atoms with Crippen LogP contribution in [-0.4, -0.2) is 37.7 Å². The summed E-state index contributed by atoms with van der Waals surface area (Å²) in [5, 5.41) is 0. The van der Waals surface area contributed by atoms with E-state index in [1.54, 1.807) is 7.11 Å². The Kier molecular flexibility index (Phi) is 5.37. The van der Waals surface area contributed by atoms with Gasteiger partial charge < -0.3 is 10.5 Å². The molecule has 2 atom stereocenters. The lowest BCUT2D eigenvalue weighted by Crippen LogP contribution is -2.31. The number of benzene rings is 1. The topological polar surface area (TPSA) is 38.5 Å². The molecule has 2 unspecified atom stereocenters. The number of hydrogen-bond acceptors (Lipinski definition) is 3. The molecule has 0 aromatic heterocycles. The van der Waals surface area contributed by atoms with Crippen molar-refractivity contribution in [3.63, 3.8) is 0 Å². The molecule has 2 N–H and O–H groups in total. The minimum atomic E-state index is 0.103. The maximum absolute atomic E-state index is 6.30. The highest BCUT2D eigenvalue weighted by atomic mass is 16.5. The smallest absolute Gasteiger partial charge is 0.0710 e. The van der Waals surface area contributed by atoms with Gasteiger partial charge >= 0.3 is 0 Å². The van der Waals surface area contributed by atoms with E-state index in [0.717, 1.165) is 32.5 Å². The molecule has 0 bridgehead atoms. The predicted molar refractivity (Wildman–Crippen MR) is 79.2 cm³/mol. The summed E-state index contributed by atoms with van der Waals surface area (Å²) in [5.41, 5.74) is 8.94. The highest BCUT2D eigenvalue weighted by Gasteiger charge is 2.23. The summed E-state index contributed by atoms with van der Waals surface area (Å²) < 4.78 is 5.39. The summed E-state index contributed by atoms with van der Waals surface area (Å²) in [5.74, 6) is 0.